The number of fused-ring (bicyclic) bond motifs is 2. The maximum absolute atomic E-state index is 13.1. The summed E-state index contributed by atoms with van der Waals surface area (Å²) in [4.78, 5) is 9.00. The van der Waals surface area contributed by atoms with E-state index in [1.807, 2.05) is 6.92 Å². The summed E-state index contributed by atoms with van der Waals surface area (Å²) in [6.07, 6.45) is -4.58. The molecule has 6 nitrogen and oxygen atoms in total. The lowest BCUT2D eigenvalue weighted by Gasteiger charge is -2.20. The van der Waals surface area contributed by atoms with Crippen LogP contribution in [0.15, 0.2) is 36.4 Å². The smallest absolute Gasteiger partial charge is 0.416 e. The van der Waals surface area contributed by atoms with Crippen molar-refractivity contribution >= 4 is 16.7 Å². The molecule has 2 aromatic carbocycles. The van der Waals surface area contributed by atoms with Crippen LogP contribution in [-0.2, 0) is 10.9 Å². The highest BCUT2D eigenvalue weighted by Crippen LogP contribution is 2.37. The van der Waals surface area contributed by atoms with Gasteiger partial charge in [-0.25, -0.2) is 9.97 Å². The minimum atomic E-state index is -4.40. The van der Waals surface area contributed by atoms with E-state index in [4.69, 9.17) is 14.2 Å². The summed E-state index contributed by atoms with van der Waals surface area (Å²) < 4.78 is 56.7. The first kappa shape index (κ1) is 22.1. The van der Waals surface area contributed by atoms with Gasteiger partial charge >= 0.3 is 6.18 Å². The Morgan fingerprint density at radius 1 is 1.09 bits per heavy atom. The number of alkyl halides is 3. The first-order chi connectivity index (χ1) is 15.2. The van der Waals surface area contributed by atoms with Gasteiger partial charge in [0.15, 0.2) is 11.5 Å². The van der Waals surface area contributed by atoms with Gasteiger partial charge in [0.05, 0.1) is 24.3 Å². The topological polar surface area (TPSA) is 65.5 Å². The molecule has 32 heavy (non-hydrogen) atoms. The third-order valence-corrected chi connectivity index (χ3v) is 5.11. The van der Waals surface area contributed by atoms with Crippen molar-refractivity contribution in [2.45, 2.75) is 39.1 Å². The summed E-state index contributed by atoms with van der Waals surface area (Å²) >= 11 is 0. The lowest BCUT2D eigenvalue weighted by atomic mass is 10.0. The molecule has 170 valence electrons. The molecule has 1 aliphatic rings. The molecule has 4 rings (SSSR count). The first-order valence-electron chi connectivity index (χ1n) is 10.3. The van der Waals surface area contributed by atoms with E-state index in [0.717, 1.165) is 12.1 Å². The number of benzene rings is 2. The molecular weight excluding hydrogens is 423 g/mol. The molecule has 0 saturated carbocycles. The number of hydrogen-bond donors (Lipinski definition) is 1. The number of hydrogen-bond acceptors (Lipinski definition) is 6. The SMILES string of the molecule is Cc1nc(N[C@H](C)c2cccc(C(F)(F)F)c2)c2cc3c(cc2n1)OCCOC[C@H](C)O3. The summed E-state index contributed by atoms with van der Waals surface area (Å²) in [5.74, 6) is 2.13. The molecule has 0 unspecified atom stereocenters. The van der Waals surface area contributed by atoms with Crippen LogP contribution >= 0.6 is 0 Å². The van der Waals surface area contributed by atoms with E-state index in [1.54, 1.807) is 32.0 Å². The first-order valence-corrected chi connectivity index (χ1v) is 10.3. The molecule has 0 aliphatic carbocycles. The van der Waals surface area contributed by atoms with Gasteiger partial charge in [-0.1, -0.05) is 12.1 Å². The quantitative estimate of drug-likeness (QED) is 0.587. The van der Waals surface area contributed by atoms with Crippen molar-refractivity contribution in [2.75, 3.05) is 25.1 Å². The zero-order valence-electron chi connectivity index (χ0n) is 18.0. The number of nitrogens with one attached hydrogen (secondary N) is 1. The average molecular weight is 447 g/mol. The second-order valence-electron chi connectivity index (χ2n) is 7.78. The number of aromatic nitrogens is 2. The number of halogens is 3. The third-order valence-electron chi connectivity index (χ3n) is 5.11. The molecule has 0 fully saturated rings. The predicted octanol–water partition coefficient (Wildman–Crippen LogP) is 5.31. The summed E-state index contributed by atoms with van der Waals surface area (Å²) in [7, 11) is 0. The van der Waals surface area contributed by atoms with Gasteiger partial charge in [-0.3, -0.25) is 0 Å². The van der Waals surface area contributed by atoms with Crippen LogP contribution in [0.25, 0.3) is 10.9 Å². The molecule has 0 spiro atoms. The van der Waals surface area contributed by atoms with E-state index in [1.165, 1.54) is 6.07 Å². The number of rotatable bonds is 3. The van der Waals surface area contributed by atoms with Gasteiger partial charge in [-0.2, -0.15) is 13.2 Å². The van der Waals surface area contributed by atoms with Crippen molar-refractivity contribution in [2.24, 2.45) is 0 Å². The van der Waals surface area contributed by atoms with Crippen molar-refractivity contribution in [1.82, 2.24) is 9.97 Å². The van der Waals surface area contributed by atoms with E-state index in [2.05, 4.69) is 15.3 Å². The van der Waals surface area contributed by atoms with E-state index in [-0.39, 0.29) is 6.10 Å². The van der Waals surface area contributed by atoms with Crippen LogP contribution in [0, 0.1) is 6.92 Å². The maximum atomic E-state index is 13.1. The molecule has 0 saturated heterocycles. The van der Waals surface area contributed by atoms with Crippen molar-refractivity contribution in [3.63, 3.8) is 0 Å². The highest BCUT2D eigenvalue weighted by atomic mass is 19.4. The van der Waals surface area contributed by atoms with Gasteiger partial charge < -0.3 is 19.5 Å². The zero-order chi connectivity index (χ0) is 22.9. The number of ether oxygens (including phenoxy) is 3. The molecule has 0 bridgehead atoms. The van der Waals surface area contributed by atoms with Crippen LogP contribution in [0.1, 0.15) is 36.8 Å². The van der Waals surface area contributed by atoms with Crippen LogP contribution < -0.4 is 14.8 Å². The van der Waals surface area contributed by atoms with Crippen LogP contribution in [0.4, 0.5) is 19.0 Å². The minimum absolute atomic E-state index is 0.181. The van der Waals surface area contributed by atoms with E-state index >= 15 is 0 Å². The molecule has 0 amide bonds. The molecular formula is C23H24F3N3O3. The fourth-order valence-corrected chi connectivity index (χ4v) is 3.55. The lowest BCUT2D eigenvalue weighted by Crippen LogP contribution is -2.19. The minimum Gasteiger partial charge on any atom is -0.487 e. The highest BCUT2D eigenvalue weighted by Gasteiger charge is 2.30. The Kier molecular flexibility index (Phi) is 6.10. The average Bonchev–Trinajstić information content (AvgIpc) is 2.81. The normalized spacial score (nSPS) is 17.9. The van der Waals surface area contributed by atoms with Gasteiger partial charge in [-0.15, -0.1) is 0 Å². The summed E-state index contributed by atoms with van der Waals surface area (Å²) in [5.41, 5.74) is 0.454. The molecule has 2 heterocycles. The van der Waals surface area contributed by atoms with Crippen molar-refractivity contribution in [3.05, 3.63) is 53.3 Å². The molecule has 1 aliphatic heterocycles. The third kappa shape index (κ3) is 4.88. The van der Waals surface area contributed by atoms with Gasteiger partial charge in [0.25, 0.3) is 0 Å². The molecule has 3 aromatic rings. The number of aryl methyl sites for hydroxylation is 1. The van der Waals surface area contributed by atoms with E-state index in [0.29, 0.717) is 59.4 Å². The molecule has 1 N–H and O–H groups in total. The molecule has 2 atom stereocenters. The number of anilines is 1. The van der Waals surface area contributed by atoms with Crippen molar-refractivity contribution in [3.8, 4) is 11.5 Å². The molecule has 9 heteroatoms. The van der Waals surface area contributed by atoms with Crippen molar-refractivity contribution < 1.29 is 27.4 Å². The van der Waals surface area contributed by atoms with Crippen LogP contribution in [0.2, 0.25) is 0 Å². The van der Waals surface area contributed by atoms with E-state index < -0.39 is 17.8 Å². The van der Waals surface area contributed by atoms with Gasteiger partial charge in [-0.05, 0) is 44.5 Å². The summed E-state index contributed by atoms with van der Waals surface area (Å²) in [6, 6.07) is 8.42. The fourth-order valence-electron chi connectivity index (χ4n) is 3.55. The Bertz CT molecular complexity index is 1120. The Hall–Kier alpha value is -3.07. The Morgan fingerprint density at radius 3 is 2.69 bits per heavy atom. The van der Waals surface area contributed by atoms with Crippen LogP contribution in [-0.4, -0.2) is 35.9 Å². The second-order valence-corrected chi connectivity index (χ2v) is 7.78. The van der Waals surface area contributed by atoms with Gasteiger partial charge in [0.1, 0.15) is 24.4 Å². The van der Waals surface area contributed by atoms with Crippen LogP contribution in [0.3, 0.4) is 0 Å². The van der Waals surface area contributed by atoms with Gasteiger partial charge in [0, 0.05) is 17.5 Å². The summed E-state index contributed by atoms with van der Waals surface area (Å²) in [6.45, 7) is 6.72. The maximum Gasteiger partial charge on any atom is 0.416 e. The monoisotopic (exact) mass is 447 g/mol. The second kappa shape index (κ2) is 8.82. The Balaban J connectivity index is 1.71. The van der Waals surface area contributed by atoms with Gasteiger partial charge in [0.2, 0.25) is 0 Å². The summed E-state index contributed by atoms with van der Waals surface area (Å²) in [5, 5.41) is 3.92. The zero-order valence-corrected chi connectivity index (χ0v) is 18.0. The standard InChI is InChI=1S/C23H24F3N3O3/c1-13-12-30-7-8-31-20-11-19-18(10-21(20)32-13)22(29-15(3)28-19)27-14(2)16-5-4-6-17(9-16)23(24,25)26/h4-6,9-11,13-14H,7-8,12H2,1-3H3,(H,27,28,29)/t13-,14+/m0/s1. The molecule has 1 aromatic heterocycles. The van der Waals surface area contributed by atoms with Crippen LogP contribution in [0.5, 0.6) is 11.5 Å². The highest BCUT2D eigenvalue weighted by molar-refractivity contribution is 5.92. The van der Waals surface area contributed by atoms with E-state index in [9.17, 15) is 13.2 Å². The lowest BCUT2D eigenvalue weighted by molar-refractivity contribution is -0.137. The molecule has 0 radical (unpaired) electrons. The fraction of sp³-hybridized carbons (Fsp3) is 0.391. The van der Waals surface area contributed by atoms with Crippen molar-refractivity contribution in [1.29, 1.82) is 0 Å². The Labute approximate surface area is 183 Å². The largest absolute Gasteiger partial charge is 0.487 e. The Morgan fingerprint density at radius 2 is 1.91 bits per heavy atom. The predicted molar refractivity (Wildman–Crippen MR) is 114 cm³/mol. The number of nitrogens with zero attached hydrogens (tertiary/aromatic N) is 2.